The highest BCUT2D eigenvalue weighted by molar-refractivity contribution is 5.45. The van der Waals surface area contributed by atoms with Crippen molar-refractivity contribution < 1.29 is 5.11 Å². The van der Waals surface area contributed by atoms with Gasteiger partial charge in [-0.15, -0.1) is 0 Å². The summed E-state index contributed by atoms with van der Waals surface area (Å²) in [4.78, 5) is 19.6. The van der Waals surface area contributed by atoms with Gasteiger partial charge >= 0.3 is 0 Å². The standard InChI is InChI=1S/C19H20N6O/c26-15-5-3-14(4-6-15)13-25-11-1-2-17(25)16-7-8-22-19(23-16)24-18-12-20-9-10-21-18/h3-10,12,17,26H,1-2,11,13H2,(H,21,22,23,24)/t17-/m0/s1. The van der Waals surface area contributed by atoms with Crippen molar-refractivity contribution in [3.63, 3.8) is 0 Å². The second-order valence-corrected chi connectivity index (χ2v) is 6.32. The second-order valence-electron chi connectivity index (χ2n) is 6.32. The van der Waals surface area contributed by atoms with Crippen molar-refractivity contribution in [3.05, 3.63) is 66.4 Å². The summed E-state index contributed by atoms with van der Waals surface area (Å²) in [5, 5.41) is 12.5. The predicted molar refractivity (Wildman–Crippen MR) is 97.8 cm³/mol. The summed E-state index contributed by atoms with van der Waals surface area (Å²) in [7, 11) is 0. The van der Waals surface area contributed by atoms with Gasteiger partial charge in [-0.25, -0.2) is 15.0 Å². The Morgan fingerprint density at radius 2 is 1.96 bits per heavy atom. The molecule has 1 atom stereocenters. The Hall–Kier alpha value is -3.06. The van der Waals surface area contributed by atoms with Gasteiger partial charge < -0.3 is 10.4 Å². The molecule has 1 fully saturated rings. The lowest BCUT2D eigenvalue weighted by molar-refractivity contribution is 0.244. The van der Waals surface area contributed by atoms with E-state index in [1.165, 1.54) is 5.56 Å². The number of nitrogens with one attached hydrogen (secondary N) is 1. The van der Waals surface area contributed by atoms with Gasteiger partial charge in [0.15, 0.2) is 5.82 Å². The fraction of sp³-hybridized carbons (Fsp3) is 0.263. The SMILES string of the molecule is Oc1ccc(CN2CCC[C@H]2c2ccnc(Nc3cnccn3)n2)cc1. The van der Waals surface area contributed by atoms with Crippen LogP contribution >= 0.6 is 0 Å². The van der Waals surface area contributed by atoms with E-state index in [0.29, 0.717) is 17.5 Å². The monoisotopic (exact) mass is 348 g/mol. The van der Waals surface area contributed by atoms with Gasteiger partial charge in [-0.1, -0.05) is 12.1 Å². The first kappa shape index (κ1) is 16.4. The van der Waals surface area contributed by atoms with E-state index in [1.807, 2.05) is 18.2 Å². The van der Waals surface area contributed by atoms with Crippen LogP contribution in [-0.2, 0) is 6.54 Å². The molecule has 1 saturated heterocycles. The van der Waals surface area contributed by atoms with Crippen LogP contribution in [0.25, 0.3) is 0 Å². The molecule has 0 radical (unpaired) electrons. The van der Waals surface area contributed by atoms with Crippen molar-refractivity contribution in [3.8, 4) is 5.75 Å². The number of likely N-dealkylation sites (tertiary alicyclic amines) is 1. The second kappa shape index (κ2) is 7.45. The zero-order chi connectivity index (χ0) is 17.8. The molecule has 0 aliphatic carbocycles. The van der Waals surface area contributed by atoms with Crippen LogP contribution in [0, 0.1) is 0 Å². The molecule has 1 aliphatic heterocycles. The number of benzene rings is 1. The molecule has 26 heavy (non-hydrogen) atoms. The quantitative estimate of drug-likeness (QED) is 0.733. The summed E-state index contributed by atoms with van der Waals surface area (Å²) in [5.74, 6) is 1.44. The molecule has 3 heterocycles. The lowest BCUT2D eigenvalue weighted by Crippen LogP contribution is -2.23. The van der Waals surface area contributed by atoms with Gasteiger partial charge in [0.05, 0.1) is 17.9 Å². The predicted octanol–water partition coefficient (Wildman–Crippen LogP) is 3.05. The summed E-state index contributed by atoms with van der Waals surface area (Å²) in [5.41, 5.74) is 2.18. The lowest BCUT2D eigenvalue weighted by atomic mass is 10.1. The van der Waals surface area contributed by atoms with Crippen molar-refractivity contribution >= 4 is 11.8 Å². The molecular formula is C19H20N6O. The molecule has 7 nitrogen and oxygen atoms in total. The zero-order valence-electron chi connectivity index (χ0n) is 14.3. The molecule has 2 N–H and O–H groups in total. The van der Waals surface area contributed by atoms with Crippen molar-refractivity contribution in [2.45, 2.75) is 25.4 Å². The van der Waals surface area contributed by atoms with Gasteiger partial charge in [-0.3, -0.25) is 9.88 Å². The first-order valence-electron chi connectivity index (χ1n) is 8.66. The molecule has 7 heteroatoms. The van der Waals surface area contributed by atoms with Crippen molar-refractivity contribution in [2.75, 3.05) is 11.9 Å². The molecule has 0 spiro atoms. The number of hydrogen-bond acceptors (Lipinski definition) is 7. The van der Waals surface area contributed by atoms with E-state index in [-0.39, 0.29) is 6.04 Å². The summed E-state index contributed by atoms with van der Waals surface area (Å²) < 4.78 is 0. The molecule has 0 saturated carbocycles. The topological polar surface area (TPSA) is 87.1 Å². The van der Waals surface area contributed by atoms with Gasteiger partial charge in [-0.05, 0) is 43.1 Å². The smallest absolute Gasteiger partial charge is 0.228 e. The van der Waals surface area contributed by atoms with E-state index in [0.717, 1.165) is 31.6 Å². The third kappa shape index (κ3) is 3.78. The minimum Gasteiger partial charge on any atom is -0.508 e. The molecule has 4 rings (SSSR count). The summed E-state index contributed by atoms with van der Waals surface area (Å²) in [6.07, 6.45) is 8.88. The number of anilines is 2. The van der Waals surface area contributed by atoms with Crippen LogP contribution < -0.4 is 5.32 Å². The summed E-state index contributed by atoms with van der Waals surface area (Å²) in [6.45, 7) is 1.87. The minimum atomic E-state index is 0.259. The van der Waals surface area contributed by atoms with Crippen LogP contribution in [0.1, 0.15) is 30.1 Å². The highest BCUT2D eigenvalue weighted by atomic mass is 16.3. The molecule has 1 aromatic carbocycles. The molecule has 0 unspecified atom stereocenters. The maximum Gasteiger partial charge on any atom is 0.228 e. The number of rotatable bonds is 5. The van der Waals surface area contributed by atoms with Crippen molar-refractivity contribution in [2.24, 2.45) is 0 Å². The molecule has 0 bridgehead atoms. The number of aromatic hydroxyl groups is 1. The van der Waals surface area contributed by atoms with E-state index in [1.54, 1.807) is 36.9 Å². The van der Waals surface area contributed by atoms with Crippen LogP contribution in [0.15, 0.2) is 55.1 Å². The van der Waals surface area contributed by atoms with E-state index >= 15 is 0 Å². The Morgan fingerprint density at radius 3 is 2.77 bits per heavy atom. The van der Waals surface area contributed by atoms with Gasteiger partial charge in [0.1, 0.15) is 5.75 Å². The van der Waals surface area contributed by atoms with Crippen LogP contribution in [-0.4, -0.2) is 36.5 Å². The zero-order valence-corrected chi connectivity index (χ0v) is 14.3. The third-order valence-corrected chi connectivity index (χ3v) is 4.51. The average Bonchev–Trinajstić information content (AvgIpc) is 3.13. The third-order valence-electron chi connectivity index (χ3n) is 4.51. The summed E-state index contributed by atoms with van der Waals surface area (Å²) >= 11 is 0. The van der Waals surface area contributed by atoms with Gasteiger partial charge in [-0.2, -0.15) is 0 Å². The fourth-order valence-corrected chi connectivity index (χ4v) is 3.28. The van der Waals surface area contributed by atoms with Gasteiger partial charge in [0.2, 0.25) is 5.95 Å². The van der Waals surface area contributed by atoms with Crippen LogP contribution in [0.2, 0.25) is 0 Å². The highest BCUT2D eigenvalue weighted by Crippen LogP contribution is 2.32. The lowest BCUT2D eigenvalue weighted by Gasteiger charge is -2.24. The average molecular weight is 348 g/mol. The summed E-state index contributed by atoms with van der Waals surface area (Å²) in [6, 6.07) is 9.62. The van der Waals surface area contributed by atoms with E-state index in [9.17, 15) is 5.11 Å². The van der Waals surface area contributed by atoms with Crippen LogP contribution in [0.3, 0.4) is 0 Å². The van der Waals surface area contributed by atoms with E-state index in [4.69, 9.17) is 0 Å². The van der Waals surface area contributed by atoms with Crippen molar-refractivity contribution in [1.29, 1.82) is 0 Å². The Kier molecular flexibility index (Phi) is 4.70. The Balaban J connectivity index is 1.50. The molecule has 1 aliphatic rings. The maximum absolute atomic E-state index is 9.45. The number of phenolic OH excluding ortho intramolecular Hbond substituents is 1. The van der Waals surface area contributed by atoms with Crippen LogP contribution in [0.4, 0.5) is 11.8 Å². The fourth-order valence-electron chi connectivity index (χ4n) is 3.28. The number of hydrogen-bond donors (Lipinski definition) is 2. The normalized spacial score (nSPS) is 17.3. The van der Waals surface area contributed by atoms with Crippen molar-refractivity contribution in [1.82, 2.24) is 24.8 Å². The van der Waals surface area contributed by atoms with Gasteiger partial charge in [0.25, 0.3) is 0 Å². The molecular weight excluding hydrogens is 328 g/mol. The van der Waals surface area contributed by atoms with Crippen LogP contribution in [0.5, 0.6) is 5.75 Å². The minimum absolute atomic E-state index is 0.259. The Bertz CT molecular complexity index is 855. The molecule has 132 valence electrons. The van der Waals surface area contributed by atoms with Gasteiger partial charge in [0, 0.05) is 25.1 Å². The number of aromatic nitrogens is 4. The van der Waals surface area contributed by atoms with E-state index < -0.39 is 0 Å². The first-order chi connectivity index (χ1) is 12.8. The number of phenols is 1. The molecule has 3 aromatic rings. The highest BCUT2D eigenvalue weighted by Gasteiger charge is 2.27. The van der Waals surface area contributed by atoms with E-state index in [2.05, 4.69) is 30.2 Å². The maximum atomic E-state index is 9.45. The number of nitrogens with zero attached hydrogens (tertiary/aromatic N) is 5. The first-order valence-corrected chi connectivity index (χ1v) is 8.66. The Morgan fingerprint density at radius 1 is 1.08 bits per heavy atom. The largest absolute Gasteiger partial charge is 0.508 e. The Labute approximate surface area is 151 Å². The molecule has 2 aromatic heterocycles. The molecule has 0 amide bonds.